The number of aryl methyl sites for hydroxylation is 1. The second-order valence-electron chi connectivity index (χ2n) is 9.50. The first-order valence-corrected chi connectivity index (χ1v) is 13.5. The van der Waals surface area contributed by atoms with Crippen LogP contribution < -0.4 is 10.6 Å². The fraction of sp³-hybridized carbons (Fsp3) is 0.346. The smallest absolute Gasteiger partial charge is 0.347 e. The lowest BCUT2D eigenvalue weighted by molar-refractivity contribution is -0.137. The number of benzene rings is 1. The van der Waals surface area contributed by atoms with Crippen LogP contribution in [-0.2, 0) is 38.2 Å². The molecule has 0 aliphatic heterocycles. The van der Waals surface area contributed by atoms with Gasteiger partial charge in [0.15, 0.2) is 5.69 Å². The summed E-state index contributed by atoms with van der Waals surface area (Å²) < 4.78 is 81.3. The van der Waals surface area contributed by atoms with Crippen molar-refractivity contribution in [3.8, 4) is 0 Å². The zero-order valence-electron chi connectivity index (χ0n) is 22.4. The van der Waals surface area contributed by atoms with E-state index in [0.29, 0.717) is 10.6 Å². The highest BCUT2D eigenvalue weighted by Crippen LogP contribution is 2.29. The van der Waals surface area contributed by atoms with Crippen LogP contribution in [-0.4, -0.2) is 48.2 Å². The van der Waals surface area contributed by atoms with Gasteiger partial charge in [-0.3, -0.25) is 14.6 Å². The van der Waals surface area contributed by atoms with Gasteiger partial charge in [0.2, 0.25) is 5.01 Å². The molecule has 0 fully saturated rings. The molecule has 1 aromatic carbocycles. The molecule has 0 saturated heterocycles. The van der Waals surface area contributed by atoms with E-state index >= 15 is 0 Å². The van der Waals surface area contributed by atoms with E-state index in [9.17, 15) is 35.9 Å². The minimum Gasteiger partial charge on any atom is -0.347 e. The van der Waals surface area contributed by atoms with Crippen molar-refractivity contribution in [1.82, 2.24) is 40.8 Å². The zero-order chi connectivity index (χ0) is 31.2. The van der Waals surface area contributed by atoms with Gasteiger partial charge in [-0.2, -0.15) is 13.2 Å². The van der Waals surface area contributed by atoms with Crippen molar-refractivity contribution in [3.05, 3.63) is 86.9 Å². The fourth-order valence-corrected chi connectivity index (χ4v) is 4.50. The molecule has 0 aliphatic rings. The molecule has 0 radical (unpaired) electrons. The first kappa shape index (κ1) is 31.5. The predicted molar refractivity (Wildman–Crippen MR) is 141 cm³/mol. The number of nitrogens with zero attached hydrogens (tertiary/aromatic N) is 6. The van der Waals surface area contributed by atoms with Crippen LogP contribution in [0.1, 0.15) is 60.9 Å². The predicted octanol–water partition coefficient (Wildman–Crippen LogP) is 4.49. The summed E-state index contributed by atoms with van der Waals surface area (Å²) in [6.45, 7) is 0.283. The van der Waals surface area contributed by atoms with E-state index in [1.54, 1.807) is 0 Å². The van der Waals surface area contributed by atoms with Gasteiger partial charge in [-0.1, -0.05) is 28.7 Å². The van der Waals surface area contributed by atoms with Gasteiger partial charge in [0.25, 0.3) is 17.7 Å². The molecule has 4 rings (SSSR count). The lowest BCUT2D eigenvalue weighted by Gasteiger charge is -2.11. The van der Waals surface area contributed by atoms with Gasteiger partial charge >= 0.3 is 6.18 Å². The Kier molecular flexibility index (Phi) is 9.73. The molecule has 228 valence electrons. The second kappa shape index (κ2) is 13.3. The van der Waals surface area contributed by atoms with Crippen molar-refractivity contribution in [2.75, 3.05) is 0 Å². The lowest BCUT2D eigenvalue weighted by atomic mass is 10.1. The summed E-state index contributed by atoms with van der Waals surface area (Å²) >= 11 is 0.959. The molecule has 0 aliphatic carbocycles. The topological polar surface area (TPSA) is 128 Å². The Bertz CT molecular complexity index is 1570. The third-order valence-electron chi connectivity index (χ3n) is 5.95. The number of aromatic nitrogens is 6. The van der Waals surface area contributed by atoms with Crippen LogP contribution in [0.15, 0.2) is 48.9 Å². The molecule has 10 nitrogen and oxygen atoms in total. The molecule has 2 amide bonds. The van der Waals surface area contributed by atoms with Crippen LogP contribution in [0, 0.1) is 0 Å². The van der Waals surface area contributed by atoms with E-state index in [1.807, 2.05) is 0 Å². The Morgan fingerprint density at radius 3 is 2.42 bits per heavy atom. The number of amides is 2. The molecular weight excluding hydrogens is 602 g/mol. The first-order chi connectivity index (χ1) is 20.3. The van der Waals surface area contributed by atoms with Crippen molar-refractivity contribution in [1.29, 1.82) is 0 Å². The van der Waals surface area contributed by atoms with Crippen LogP contribution in [0.3, 0.4) is 0 Å². The number of rotatable bonds is 12. The maximum Gasteiger partial charge on any atom is 0.416 e. The van der Waals surface area contributed by atoms with Crippen LogP contribution in [0.5, 0.6) is 0 Å². The zero-order valence-corrected chi connectivity index (χ0v) is 23.2. The normalized spacial score (nSPS) is 12.6. The van der Waals surface area contributed by atoms with E-state index in [0.717, 1.165) is 41.3 Å². The van der Waals surface area contributed by atoms with Crippen LogP contribution in [0.25, 0.3) is 0 Å². The standard InChI is InChI=1S/C26H24F6N8O2S/c1-25(28,29)18-8-16(9-33-12-18)11-35-23(42)24-38-37-21(43-24)6-5-19(27)13-40-14-20(36-39-40)22(41)34-10-15-3-2-4-17(7-15)26(30,31)32/h2-4,7-9,12,14,19H,5-6,10-11,13H2,1H3,(H,34,41)(H,35,42). The number of nitrogens with one attached hydrogen (secondary N) is 2. The summed E-state index contributed by atoms with van der Waals surface area (Å²) in [6.07, 6.45) is -2.15. The Balaban J connectivity index is 1.21. The van der Waals surface area contributed by atoms with Gasteiger partial charge in [-0.15, -0.1) is 15.3 Å². The summed E-state index contributed by atoms with van der Waals surface area (Å²) in [6, 6.07) is 5.76. The number of alkyl halides is 6. The van der Waals surface area contributed by atoms with Gasteiger partial charge in [-0.25, -0.2) is 17.9 Å². The van der Waals surface area contributed by atoms with Crippen molar-refractivity contribution in [2.24, 2.45) is 0 Å². The third kappa shape index (κ3) is 9.04. The van der Waals surface area contributed by atoms with Crippen LogP contribution in [0.4, 0.5) is 26.3 Å². The van der Waals surface area contributed by atoms with Crippen molar-refractivity contribution in [3.63, 3.8) is 0 Å². The minimum absolute atomic E-state index is 0.00310. The van der Waals surface area contributed by atoms with Crippen LogP contribution >= 0.6 is 11.3 Å². The Labute approximate surface area is 244 Å². The minimum atomic E-state index is -4.51. The summed E-state index contributed by atoms with van der Waals surface area (Å²) in [4.78, 5) is 28.5. The average Bonchev–Trinajstić information content (AvgIpc) is 3.63. The molecule has 43 heavy (non-hydrogen) atoms. The molecule has 1 unspecified atom stereocenters. The molecule has 2 N–H and O–H groups in total. The van der Waals surface area contributed by atoms with Crippen molar-refractivity contribution in [2.45, 2.75) is 57.7 Å². The third-order valence-corrected chi connectivity index (χ3v) is 6.93. The SMILES string of the molecule is CC(F)(F)c1cncc(CNC(=O)c2nnc(CCC(F)Cn3cc(C(=O)NCc4cccc(C(F)(F)F)c4)nn3)s2)c1. The summed E-state index contributed by atoms with van der Waals surface area (Å²) in [7, 11) is 0. The Morgan fingerprint density at radius 2 is 1.67 bits per heavy atom. The number of carbonyl (C=O) groups excluding carboxylic acids is 2. The number of halogens is 6. The highest BCUT2D eigenvalue weighted by molar-refractivity contribution is 7.13. The maximum atomic E-state index is 14.6. The molecule has 0 bridgehead atoms. The van der Waals surface area contributed by atoms with Gasteiger partial charge in [0.05, 0.1) is 18.3 Å². The lowest BCUT2D eigenvalue weighted by Crippen LogP contribution is -2.23. The van der Waals surface area contributed by atoms with E-state index in [2.05, 4.69) is 36.1 Å². The molecular formula is C26H24F6N8O2S. The van der Waals surface area contributed by atoms with E-state index in [4.69, 9.17) is 0 Å². The fourth-order valence-electron chi connectivity index (χ4n) is 3.73. The van der Waals surface area contributed by atoms with Gasteiger partial charge in [0.1, 0.15) is 11.2 Å². The first-order valence-electron chi connectivity index (χ1n) is 12.7. The average molecular weight is 627 g/mol. The monoisotopic (exact) mass is 626 g/mol. The van der Waals surface area contributed by atoms with Gasteiger partial charge in [0, 0.05) is 44.4 Å². The number of hydrogen-bond donors (Lipinski definition) is 2. The van der Waals surface area contributed by atoms with Crippen molar-refractivity contribution < 1.29 is 35.9 Å². The molecule has 0 spiro atoms. The highest BCUT2D eigenvalue weighted by Gasteiger charge is 2.30. The second-order valence-corrected chi connectivity index (χ2v) is 10.6. The van der Waals surface area contributed by atoms with E-state index in [-0.39, 0.29) is 54.3 Å². The summed E-state index contributed by atoms with van der Waals surface area (Å²) in [5.74, 6) is -4.33. The Morgan fingerprint density at radius 1 is 0.953 bits per heavy atom. The molecule has 4 aromatic rings. The maximum absolute atomic E-state index is 14.6. The van der Waals surface area contributed by atoms with Gasteiger partial charge < -0.3 is 10.6 Å². The molecule has 1 atom stereocenters. The Hall–Kier alpha value is -4.41. The molecule has 17 heteroatoms. The molecule has 3 aromatic heterocycles. The van der Waals surface area contributed by atoms with E-state index in [1.165, 1.54) is 30.6 Å². The van der Waals surface area contributed by atoms with E-state index < -0.39 is 35.6 Å². The number of pyridine rings is 1. The largest absolute Gasteiger partial charge is 0.416 e. The van der Waals surface area contributed by atoms with Gasteiger partial charge in [-0.05, 0) is 35.7 Å². The summed E-state index contributed by atoms with van der Waals surface area (Å²) in [5, 5.41) is 20.5. The number of hydrogen-bond acceptors (Lipinski definition) is 8. The number of carbonyl (C=O) groups is 2. The summed E-state index contributed by atoms with van der Waals surface area (Å²) in [5.41, 5.74) is -0.636. The van der Waals surface area contributed by atoms with Crippen molar-refractivity contribution >= 4 is 23.2 Å². The highest BCUT2D eigenvalue weighted by atomic mass is 32.1. The molecule has 3 heterocycles. The van der Waals surface area contributed by atoms with Crippen LogP contribution in [0.2, 0.25) is 0 Å². The molecule has 0 saturated carbocycles. The quantitative estimate of drug-likeness (QED) is 0.222.